The van der Waals surface area contributed by atoms with Crippen LogP contribution in [0, 0.1) is 10.2 Å². The van der Waals surface area contributed by atoms with Crippen molar-refractivity contribution in [2.75, 3.05) is 0 Å². The molecule has 10 heavy (non-hydrogen) atoms. The Balaban J connectivity index is 0.000000162. The number of aromatic nitrogens is 2. The van der Waals surface area contributed by atoms with Gasteiger partial charge in [-0.15, -0.1) is 10.2 Å². The molecule has 0 saturated heterocycles. The third-order valence-corrected chi connectivity index (χ3v) is 0.309. The standard InChI is InChI=1S/C2H2N2O.ClHO4/c1-3-4-2-5-1;2-1(3,4)5/h1-2H;(H,2,3,4,5). The molecular formula is C2H3ClN2O5. The smallest absolute Gasteiger partial charge is 0.359 e. The first-order chi connectivity index (χ1) is 4.50. The Morgan fingerprint density at radius 2 is 1.80 bits per heavy atom. The van der Waals surface area contributed by atoms with Crippen LogP contribution in [0.2, 0.25) is 0 Å². The number of hydrogen-bond acceptors (Lipinski definition) is 6. The first-order valence-electron chi connectivity index (χ1n) is 1.86. The van der Waals surface area contributed by atoms with Gasteiger partial charge < -0.3 is 4.42 Å². The maximum Gasteiger partial charge on any atom is 0.359 e. The van der Waals surface area contributed by atoms with E-state index in [1.165, 1.54) is 12.8 Å². The summed E-state index contributed by atoms with van der Waals surface area (Å²) in [6.07, 6.45) is 2.71. The summed E-state index contributed by atoms with van der Waals surface area (Å²) in [6.45, 7) is 0. The zero-order valence-electron chi connectivity index (χ0n) is 4.52. The highest BCUT2D eigenvalue weighted by Crippen LogP contribution is 1.57. The summed E-state index contributed by atoms with van der Waals surface area (Å²) in [5.41, 5.74) is 0. The number of hydrogen-bond donors (Lipinski definition) is 0. The van der Waals surface area contributed by atoms with E-state index >= 15 is 0 Å². The molecule has 0 bridgehead atoms. The molecule has 1 rings (SSSR count). The highest BCUT2D eigenvalue weighted by atomic mass is 35.7. The van der Waals surface area contributed by atoms with E-state index in [1.807, 2.05) is 0 Å². The van der Waals surface area contributed by atoms with Gasteiger partial charge in [0.05, 0.1) is 0 Å². The Morgan fingerprint density at radius 1 is 1.30 bits per heavy atom. The number of halogens is 1. The van der Waals surface area contributed by atoms with E-state index in [-0.39, 0.29) is 0 Å². The maximum atomic E-state index is 8.49. The third kappa shape index (κ3) is 15.7. The van der Waals surface area contributed by atoms with Crippen LogP contribution in [0.15, 0.2) is 17.2 Å². The van der Waals surface area contributed by atoms with E-state index in [4.69, 9.17) is 18.6 Å². The van der Waals surface area contributed by atoms with Crippen molar-refractivity contribution < 1.29 is 38.4 Å². The largest absolute Gasteiger partial charge is 0.391 e. The summed E-state index contributed by atoms with van der Waals surface area (Å²) in [6, 6.07) is 0. The van der Waals surface area contributed by atoms with Crippen LogP contribution in [0.3, 0.4) is 0 Å². The van der Waals surface area contributed by atoms with Gasteiger partial charge in [0.25, 0.3) is 6.39 Å². The van der Waals surface area contributed by atoms with Gasteiger partial charge in [-0.3, -0.25) is 0 Å². The van der Waals surface area contributed by atoms with Crippen LogP contribution in [0.4, 0.5) is 0 Å². The second-order valence-electron chi connectivity index (χ2n) is 0.996. The van der Waals surface area contributed by atoms with E-state index in [9.17, 15) is 0 Å². The minimum Gasteiger partial charge on any atom is -0.391 e. The van der Waals surface area contributed by atoms with Gasteiger partial charge in [0.1, 0.15) is 0 Å². The molecule has 0 atom stereocenters. The SMILES string of the molecule is [O-][Cl+3]([O-])([O-])[O-].c1n[nH+]co1. The van der Waals surface area contributed by atoms with Gasteiger partial charge in [-0.2, -0.15) is 0 Å². The first kappa shape index (κ1) is 9.27. The molecular weight excluding hydrogens is 167 g/mol. The van der Waals surface area contributed by atoms with E-state index in [0.717, 1.165) is 0 Å². The fourth-order valence-electron chi connectivity index (χ4n) is 0.152. The van der Waals surface area contributed by atoms with E-state index < -0.39 is 10.2 Å². The lowest BCUT2D eigenvalue weighted by Crippen LogP contribution is -2.68. The van der Waals surface area contributed by atoms with Gasteiger partial charge in [-0.05, 0) is 0 Å². The fraction of sp³-hybridized carbons (Fsp3) is 0. The number of aromatic amines is 1. The highest BCUT2D eigenvalue weighted by molar-refractivity contribution is 4.15. The molecule has 0 radical (unpaired) electrons. The predicted molar refractivity (Wildman–Crippen MR) is 13.1 cm³/mol. The lowest BCUT2D eigenvalue weighted by Gasteiger charge is -2.17. The molecule has 1 heterocycles. The van der Waals surface area contributed by atoms with Crippen molar-refractivity contribution >= 4 is 0 Å². The molecule has 0 spiro atoms. The van der Waals surface area contributed by atoms with Crippen molar-refractivity contribution in [1.29, 1.82) is 0 Å². The summed E-state index contributed by atoms with van der Waals surface area (Å²) in [4.78, 5) is 0. The lowest BCUT2D eigenvalue weighted by atomic mass is 11.5. The summed E-state index contributed by atoms with van der Waals surface area (Å²) in [7, 11) is -4.94. The number of nitrogens with zero attached hydrogens (tertiary/aromatic N) is 1. The molecule has 7 nitrogen and oxygen atoms in total. The maximum absolute atomic E-state index is 8.49. The molecule has 1 aromatic rings. The molecule has 1 N–H and O–H groups in total. The summed E-state index contributed by atoms with van der Waals surface area (Å²) < 4.78 is 38.4. The third-order valence-electron chi connectivity index (χ3n) is 0.309. The average Bonchev–Trinajstić information content (AvgIpc) is 2.07. The molecule has 0 aliphatic rings. The number of rotatable bonds is 0. The normalized spacial score (nSPS) is 10.0. The Labute approximate surface area is 57.3 Å². The predicted octanol–water partition coefficient (Wildman–Crippen LogP) is -5.27. The van der Waals surface area contributed by atoms with Crippen molar-refractivity contribution in [2.45, 2.75) is 0 Å². The Kier molecular flexibility index (Phi) is 3.84. The number of H-pyrrole nitrogens is 1. The average molecular weight is 171 g/mol. The molecule has 0 unspecified atom stereocenters. The molecule has 8 heteroatoms. The monoisotopic (exact) mass is 170 g/mol. The van der Waals surface area contributed by atoms with Gasteiger partial charge in [-0.1, -0.05) is 5.10 Å². The molecule has 0 aromatic carbocycles. The Bertz CT molecular complexity index is 124. The van der Waals surface area contributed by atoms with E-state index in [2.05, 4.69) is 14.6 Å². The fourth-order valence-corrected chi connectivity index (χ4v) is 0.152. The highest BCUT2D eigenvalue weighted by Gasteiger charge is 1.84. The van der Waals surface area contributed by atoms with E-state index in [0.29, 0.717) is 0 Å². The Hall–Kier alpha value is -0.730. The Morgan fingerprint density at radius 3 is 1.90 bits per heavy atom. The van der Waals surface area contributed by atoms with Gasteiger partial charge in [0.15, 0.2) is 0 Å². The van der Waals surface area contributed by atoms with E-state index in [1.54, 1.807) is 0 Å². The first-order valence-corrected chi connectivity index (χ1v) is 3.09. The summed E-state index contributed by atoms with van der Waals surface area (Å²) >= 11 is 0. The van der Waals surface area contributed by atoms with Gasteiger partial charge in [0.2, 0.25) is 0 Å². The van der Waals surface area contributed by atoms with Gasteiger partial charge in [0, 0.05) is 5.10 Å². The second kappa shape index (κ2) is 4.14. The molecule has 0 aliphatic carbocycles. The van der Waals surface area contributed by atoms with Crippen molar-refractivity contribution in [2.24, 2.45) is 0 Å². The van der Waals surface area contributed by atoms with Gasteiger partial charge >= 0.3 is 6.39 Å². The van der Waals surface area contributed by atoms with Gasteiger partial charge in [-0.25, -0.2) is 18.6 Å². The summed E-state index contributed by atoms with van der Waals surface area (Å²) in [5.74, 6) is 0. The van der Waals surface area contributed by atoms with Crippen LogP contribution in [-0.4, -0.2) is 5.10 Å². The van der Waals surface area contributed by atoms with Crippen LogP contribution in [0.25, 0.3) is 0 Å². The van der Waals surface area contributed by atoms with Crippen LogP contribution >= 0.6 is 0 Å². The van der Waals surface area contributed by atoms with Crippen LogP contribution < -0.4 is 23.7 Å². The molecule has 0 saturated carbocycles. The quantitative estimate of drug-likeness (QED) is 0.382. The minimum absolute atomic E-state index is 1.32. The lowest BCUT2D eigenvalue weighted by molar-refractivity contribution is -2.00. The molecule has 0 amide bonds. The van der Waals surface area contributed by atoms with Crippen molar-refractivity contribution in [3.8, 4) is 0 Å². The van der Waals surface area contributed by atoms with Crippen LogP contribution in [0.5, 0.6) is 0 Å². The van der Waals surface area contributed by atoms with Crippen LogP contribution in [0.1, 0.15) is 0 Å². The van der Waals surface area contributed by atoms with Crippen molar-refractivity contribution in [3.05, 3.63) is 12.8 Å². The second-order valence-corrected chi connectivity index (χ2v) is 1.75. The van der Waals surface area contributed by atoms with Crippen LogP contribution in [-0.2, 0) is 0 Å². The zero-order valence-corrected chi connectivity index (χ0v) is 5.28. The van der Waals surface area contributed by atoms with Crippen molar-refractivity contribution in [1.82, 2.24) is 5.10 Å². The molecule has 0 aliphatic heterocycles. The van der Waals surface area contributed by atoms with Crippen molar-refractivity contribution in [3.63, 3.8) is 0 Å². The topological polar surface area (TPSA) is 132 Å². The number of nitrogens with one attached hydrogen (secondary N) is 1. The molecule has 0 fully saturated rings. The molecule has 58 valence electrons. The summed E-state index contributed by atoms with van der Waals surface area (Å²) in [5, 5.41) is 5.88. The zero-order chi connectivity index (χ0) is 8.04. The molecule has 1 aromatic heterocycles. The minimum atomic E-state index is -4.94.